The monoisotopic (exact) mass is 377 g/mol. The normalized spacial score (nSPS) is 19.1. The molecule has 1 aliphatic heterocycles. The van der Waals surface area contributed by atoms with Gasteiger partial charge in [-0.1, -0.05) is 6.92 Å². The van der Waals surface area contributed by atoms with Crippen LogP contribution in [0.15, 0.2) is 4.99 Å². The summed E-state index contributed by atoms with van der Waals surface area (Å²) in [5.74, 6) is 0.876. The van der Waals surface area contributed by atoms with Gasteiger partial charge in [0.15, 0.2) is 5.96 Å². The highest BCUT2D eigenvalue weighted by Gasteiger charge is 2.20. The highest BCUT2D eigenvalue weighted by atomic mass is 15.3. The van der Waals surface area contributed by atoms with Gasteiger partial charge in [0.25, 0.3) is 0 Å². The molecule has 27 heavy (non-hydrogen) atoms. The Bertz CT molecular complexity index is 614. The Hall–Kier alpha value is -1.60. The van der Waals surface area contributed by atoms with E-state index >= 15 is 0 Å². The Morgan fingerprint density at radius 3 is 2.37 bits per heavy atom. The van der Waals surface area contributed by atoms with E-state index in [1.807, 2.05) is 18.8 Å². The zero-order chi connectivity index (χ0) is 20.0. The van der Waals surface area contributed by atoms with E-state index in [4.69, 9.17) is 0 Å². The lowest BCUT2D eigenvalue weighted by Crippen LogP contribution is -2.53. The van der Waals surface area contributed by atoms with E-state index in [2.05, 4.69) is 65.1 Å². The second-order valence-corrected chi connectivity index (χ2v) is 7.79. The van der Waals surface area contributed by atoms with Crippen LogP contribution in [0.25, 0.3) is 0 Å². The summed E-state index contributed by atoms with van der Waals surface area (Å²) in [6, 6.07) is 0.793. The Kier molecular flexibility index (Phi) is 8.10. The van der Waals surface area contributed by atoms with Gasteiger partial charge in [-0.15, -0.1) is 0 Å². The molecule has 0 aliphatic carbocycles. The fourth-order valence-electron chi connectivity index (χ4n) is 3.79. The number of hydrogen-bond donors (Lipinski definition) is 2. The zero-order valence-electron chi connectivity index (χ0n) is 18.3. The Morgan fingerprint density at radius 1 is 1.19 bits per heavy atom. The second-order valence-electron chi connectivity index (χ2n) is 7.79. The van der Waals surface area contributed by atoms with E-state index in [0.717, 1.165) is 44.3 Å². The summed E-state index contributed by atoms with van der Waals surface area (Å²) in [6.45, 7) is 17.7. The molecule has 0 radical (unpaired) electrons. The number of guanidine groups is 1. The molecule has 154 valence electrons. The number of rotatable bonds is 7. The average Bonchev–Trinajstić information content (AvgIpc) is 2.90. The molecule has 1 saturated heterocycles. The molecule has 2 N–H and O–H groups in total. The molecule has 0 amide bonds. The zero-order valence-corrected chi connectivity index (χ0v) is 18.3. The summed E-state index contributed by atoms with van der Waals surface area (Å²) in [5.41, 5.74) is 3.69. The summed E-state index contributed by atoms with van der Waals surface area (Å²) in [6.07, 6.45) is 0.945. The van der Waals surface area contributed by atoms with Crippen molar-refractivity contribution in [1.29, 1.82) is 0 Å². The van der Waals surface area contributed by atoms with Crippen molar-refractivity contribution in [2.24, 2.45) is 12.0 Å². The van der Waals surface area contributed by atoms with Crippen molar-refractivity contribution in [3.63, 3.8) is 0 Å². The molecule has 2 unspecified atom stereocenters. The molecule has 1 fully saturated rings. The number of nitrogens with zero attached hydrogens (tertiary/aromatic N) is 5. The third-order valence-electron chi connectivity index (χ3n) is 5.82. The second kappa shape index (κ2) is 10.1. The molecule has 7 heteroatoms. The lowest BCUT2D eigenvalue weighted by atomic mass is 10.1. The number of likely N-dealkylation sites (N-methyl/N-ethyl adjacent to an activating group) is 1. The number of piperazine rings is 1. The van der Waals surface area contributed by atoms with Crippen LogP contribution in [0, 0.1) is 13.8 Å². The van der Waals surface area contributed by atoms with Crippen LogP contribution < -0.4 is 10.6 Å². The number of aliphatic imine (C=N–C) groups is 1. The van der Waals surface area contributed by atoms with Crippen LogP contribution in [0.3, 0.4) is 0 Å². The summed E-state index contributed by atoms with van der Waals surface area (Å²) in [5, 5.41) is 11.6. The lowest BCUT2D eigenvalue weighted by Gasteiger charge is -2.37. The quantitative estimate of drug-likeness (QED) is 0.552. The van der Waals surface area contributed by atoms with E-state index in [-0.39, 0.29) is 0 Å². The molecular formula is C20H39N7. The van der Waals surface area contributed by atoms with Crippen molar-refractivity contribution >= 4 is 5.96 Å². The maximum atomic E-state index is 4.52. The van der Waals surface area contributed by atoms with Gasteiger partial charge in [-0.2, -0.15) is 5.10 Å². The minimum absolute atomic E-state index is 0.293. The Labute approximate surface area is 165 Å². The highest BCUT2D eigenvalue weighted by molar-refractivity contribution is 5.80. The molecule has 1 aromatic rings. The summed E-state index contributed by atoms with van der Waals surface area (Å²) >= 11 is 0. The van der Waals surface area contributed by atoms with E-state index < -0.39 is 0 Å². The lowest BCUT2D eigenvalue weighted by molar-refractivity contribution is 0.107. The molecule has 7 nitrogen and oxygen atoms in total. The van der Waals surface area contributed by atoms with E-state index in [1.165, 1.54) is 24.3 Å². The first kappa shape index (κ1) is 21.7. The molecule has 2 heterocycles. The van der Waals surface area contributed by atoms with Crippen LogP contribution in [0.4, 0.5) is 0 Å². The van der Waals surface area contributed by atoms with Crippen LogP contribution in [0.2, 0.25) is 0 Å². The van der Waals surface area contributed by atoms with Gasteiger partial charge in [-0.3, -0.25) is 14.6 Å². The largest absolute Gasteiger partial charge is 0.355 e. The molecule has 0 bridgehead atoms. The predicted octanol–water partition coefficient (Wildman–Crippen LogP) is 1.16. The van der Waals surface area contributed by atoms with Crippen LogP contribution in [0.1, 0.15) is 37.7 Å². The maximum absolute atomic E-state index is 4.52. The molecule has 2 atom stereocenters. The summed E-state index contributed by atoms with van der Waals surface area (Å²) in [7, 11) is 3.85. The van der Waals surface area contributed by atoms with E-state index in [9.17, 15) is 0 Å². The van der Waals surface area contributed by atoms with Gasteiger partial charge in [0, 0.05) is 64.6 Å². The third-order valence-corrected chi connectivity index (χ3v) is 5.82. The van der Waals surface area contributed by atoms with Gasteiger partial charge in [0.05, 0.1) is 5.69 Å². The molecule has 0 aromatic carbocycles. The molecular weight excluding hydrogens is 338 g/mol. The standard InChI is InChI=1S/C20H39N7/c1-8-26-9-11-27(12-10-26)16(3)14-22-20(21-6)23-15(2)13-19-17(4)24-25(7)18(19)5/h15-16H,8-14H2,1-7H3,(H2,21,22,23). The first-order valence-electron chi connectivity index (χ1n) is 10.3. The first-order chi connectivity index (χ1) is 12.8. The molecule has 2 rings (SSSR count). The van der Waals surface area contributed by atoms with Gasteiger partial charge in [0.1, 0.15) is 0 Å². The van der Waals surface area contributed by atoms with Crippen molar-refractivity contribution in [2.45, 2.75) is 53.1 Å². The van der Waals surface area contributed by atoms with Crippen molar-refractivity contribution in [3.05, 3.63) is 17.0 Å². The predicted molar refractivity (Wildman–Crippen MR) is 113 cm³/mol. The smallest absolute Gasteiger partial charge is 0.191 e. The highest BCUT2D eigenvalue weighted by Crippen LogP contribution is 2.14. The third kappa shape index (κ3) is 5.94. The average molecular weight is 378 g/mol. The minimum atomic E-state index is 0.293. The number of nitrogens with one attached hydrogen (secondary N) is 2. The van der Waals surface area contributed by atoms with E-state index in [0.29, 0.717) is 12.1 Å². The van der Waals surface area contributed by atoms with Gasteiger partial charge >= 0.3 is 0 Å². The van der Waals surface area contributed by atoms with Crippen molar-refractivity contribution in [2.75, 3.05) is 46.3 Å². The van der Waals surface area contributed by atoms with Gasteiger partial charge in [-0.25, -0.2) is 0 Å². The van der Waals surface area contributed by atoms with Crippen LogP contribution in [-0.2, 0) is 13.5 Å². The molecule has 1 aromatic heterocycles. The SMILES string of the molecule is CCN1CCN(C(C)CNC(=NC)NC(C)Cc2c(C)nn(C)c2C)CC1. The Morgan fingerprint density at radius 2 is 1.85 bits per heavy atom. The van der Waals surface area contributed by atoms with Crippen molar-refractivity contribution in [3.8, 4) is 0 Å². The van der Waals surface area contributed by atoms with Crippen LogP contribution in [0.5, 0.6) is 0 Å². The maximum Gasteiger partial charge on any atom is 0.191 e. The number of aromatic nitrogens is 2. The van der Waals surface area contributed by atoms with Gasteiger partial charge in [-0.05, 0) is 46.2 Å². The molecule has 1 aliphatic rings. The molecule has 0 spiro atoms. The molecule has 0 saturated carbocycles. The number of hydrogen-bond acceptors (Lipinski definition) is 4. The van der Waals surface area contributed by atoms with Gasteiger partial charge in [0.2, 0.25) is 0 Å². The van der Waals surface area contributed by atoms with Crippen LogP contribution in [-0.4, -0.2) is 83.9 Å². The summed E-state index contributed by atoms with van der Waals surface area (Å²) < 4.78 is 1.96. The fourth-order valence-corrected chi connectivity index (χ4v) is 3.79. The summed E-state index contributed by atoms with van der Waals surface area (Å²) in [4.78, 5) is 9.49. The van der Waals surface area contributed by atoms with E-state index in [1.54, 1.807) is 0 Å². The van der Waals surface area contributed by atoms with Crippen LogP contribution >= 0.6 is 0 Å². The first-order valence-corrected chi connectivity index (χ1v) is 10.3. The Balaban J connectivity index is 1.79. The van der Waals surface area contributed by atoms with Crippen molar-refractivity contribution in [1.82, 2.24) is 30.2 Å². The topological polar surface area (TPSA) is 60.7 Å². The number of aryl methyl sites for hydroxylation is 2. The fraction of sp³-hybridized carbons (Fsp3) is 0.800. The minimum Gasteiger partial charge on any atom is -0.355 e. The van der Waals surface area contributed by atoms with Gasteiger partial charge < -0.3 is 15.5 Å². The van der Waals surface area contributed by atoms with Crippen molar-refractivity contribution < 1.29 is 0 Å².